The molecule has 0 spiro atoms. The van der Waals surface area contributed by atoms with Crippen LogP contribution in [0.15, 0.2) is 34.7 Å². The number of allylic oxidation sites excluding steroid dienone is 2. The van der Waals surface area contributed by atoms with Crippen LogP contribution in [0.25, 0.3) is 0 Å². The molecule has 2 aliphatic rings. The SMILES string of the molecule is CC1=C(C)C2=C(N)C=CC(C)C2N1. The minimum absolute atomic E-state index is 0.407. The summed E-state index contributed by atoms with van der Waals surface area (Å²) in [4.78, 5) is 0. The molecule has 2 heteroatoms. The van der Waals surface area contributed by atoms with Gasteiger partial charge in [-0.15, -0.1) is 0 Å². The molecule has 0 radical (unpaired) electrons. The average Bonchev–Trinajstić information content (AvgIpc) is 2.38. The zero-order chi connectivity index (χ0) is 9.59. The smallest absolute Gasteiger partial charge is 0.0594 e. The molecular weight excluding hydrogens is 160 g/mol. The second kappa shape index (κ2) is 2.66. The summed E-state index contributed by atoms with van der Waals surface area (Å²) in [7, 11) is 0. The minimum Gasteiger partial charge on any atom is -0.398 e. The molecule has 3 N–H and O–H groups in total. The number of fused-ring (bicyclic) bond motifs is 1. The summed E-state index contributed by atoms with van der Waals surface area (Å²) in [6, 6.07) is 0.407. The molecule has 2 unspecified atom stereocenters. The van der Waals surface area contributed by atoms with E-state index in [-0.39, 0.29) is 0 Å². The molecule has 2 atom stereocenters. The Morgan fingerprint density at radius 3 is 2.69 bits per heavy atom. The van der Waals surface area contributed by atoms with Crippen LogP contribution in [-0.4, -0.2) is 6.04 Å². The highest BCUT2D eigenvalue weighted by Crippen LogP contribution is 2.33. The number of nitrogens with one attached hydrogen (secondary N) is 1. The van der Waals surface area contributed by atoms with Gasteiger partial charge in [0.05, 0.1) is 6.04 Å². The second-order valence-electron chi connectivity index (χ2n) is 3.96. The Bertz CT molecular complexity index is 334. The zero-order valence-electron chi connectivity index (χ0n) is 8.39. The van der Waals surface area contributed by atoms with Gasteiger partial charge in [-0.1, -0.05) is 13.0 Å². The van der Waals surface area contributed by atoms with Crippen LogP contribution in [0.5, 0.6) is 0 Å². The maximum Gasteiger partial charge on any atom is 0.0594 e. The molecule has 0 saturated carbocycles. The lowest BCUT2D eigenvalue weighted by Crippen LogP contribution is -2.32. The predicted octanol–water partition coefficient (Wildman–Crippen LogP) is 1.67. The van der Waals surface area contributed by atoms with Crippen molar-refractivity contribution in [2.75, 3.05) is 0 Å². The van der Waals surface area contributed by atoms with Crippen LogP contribution >= 0.6 is 0 Å². The summed E-state index contributed by atoms with van der Waals surface area (Å²) < 4.78 is 0. The van der Waals surface area contributed by atoms with Crippen molar-refractivity contribution in [3.05, 3.63) is 34.7 Å². The van der Waals surface area contributed by atoms with E-state index in [1.807, 2.05) is 6.08 Å². The lowest BCUT2D eigenvalue weighted by atomic mass is 9.87. The Kier molecular flexibility index (Phi) is 1.72. The molecule has 0 aromatic heterocycles. The Morgan fingerprint density at radius 2 is 2.08 bits per heavy atom. The van der Waals surface area contributed by atoms with Gasteiger partial charge in [0.15, 0.2) is 0 Å². The van der Waals surface area contributed by atoms with Crippen LogP contribution in [0.2, 0.25) is 0 Å². The first-order chi connectivity index (χ1) is 6.11. The van der Waals surface area contributed by atoms with E-state index in [2.05, 4.69) is 32.2 Å². The Balaban J connectivity index is 2.49. The van der Waals surface area contributed by atoms with Crippen molar-refractivity contribution in [3.8, 4) is 0 Å². The monoisotopic (exact) mass is 176 g/mol. The normalized spacial score (nSPS) is 32.2. The van der Waals surface area contributed by atoms with Gasteiger partial charge in [0.25, 0.3) is 0 Å². The summed E-state index contributed by atoms with van der Waals surface area (Å²) in [5, 5.41) is 3.48. The van der Waals surface area contributed by atoms with Gasteiger partial charge < -0.3 is 11.1 Å². The molecule has 1 heterocycles. The predicted molar refractivity (Wildman–Crippen MR) is 54.8 cm³/mol. The molecule has 1 aliphatic heterocycles. The molecule has 70 valence electrons. The first-order valence-corrected chi connectivity index (χ1v) is 4.73. The highest BCUT2D eigenvalue weighted by molar-refractivity contribution is 5.50. The summed E-state index contributed by atoms with van der Waals surface area (Å²) in [5.41, 5.74) is 10.8. The standard InChI is InChI=1S/C11H16N2/c1-6-4-5-9(12)10-7(2)8(3)13-11(6)10/h4-6,11,13H,12H2,1-3H3. The third kappa shape index (κ3) is 1.09. The summed E-state index contributed by atoms with van der Waals surface area (Å²) in [5.74, 6) is 0.537. The van der Waals surface area contributed by atoms with Crippen molar-refractivity contribution in [1.29, 1.82) is 0 Å². The Labute approximate surface area is 79.2 Å². The molecule has 2 nitrogen and oxygen atoms in total. The number of nitrogens with two attached hydrogens (primary N) is 1. The van der Waals surface area contributed by atoms with Crippen molar-refractivity contribution >= 4 is 0 Å². The van der Waals surface area contributed by atoms with E-state index in [9.17, 15) is 0 Å². The quantitative estimate of drug-likeness (QED) is 0.589. The highest BCUT2D eigenvalue weighted by Gasteiger charge is 2.31. The molecule has 0 saturated heterocycles. The van der Waals surface area contributed by atoms with Gasteiger partial charge in [0.1, 0.15) is 0 Å². The molecule has 0 aromatic carbocycles. The van der Waals surface area contributed by atoms with E-state index >= 15 is 0 Å². The van der Waals surface area contributed by atoms with Crippen molar-refractivity contribution in [2.24, 2.45) is 11.7 Å². The van der Waals surface area contributed by atoms with Gasteiger partial charge in [-0.3, -0.25) is 0 Å². The van der Waals surface area contributed by atoms with Gasteiger partial charge in [0, 0.05) is 17.0 Å². The molecule has 0 bridgehead atoms. The summed E-state index contributed by atoms with van der Waals surface area (Å²) >= 11 is 0. The molecule has 2 rings (SSSR count). The lowest BCUT2D eigenvalue weighted by molar-refractivity contribution is 0.541. The zero-order valence-corrected chi connectivity index (χ0v) is 8.39. The maximum atomic E-state index is 5.95. The van der Waals surface area contributed by atoms with Crippen LogP contribution < -0.4 is 11.1 Å². The Hall–Kier alpha value is -1.18. The van der Waals surface area contributed by atoms with Crippen LogP contribution in [0.1, 0.15) is 20.8 Å². The Morgan fingerprint density at radius 1 is 1.38 bits per heavy atom. The van der Waals surface area contributed by atoms with Gasteiger partial charge >= 0.3 is 0 Å². The first kappa shape index (κ1) is 8.42. The molecule has 0 fully saturated rings. The third-order valence-corrected chi connectivity index (χ3v) is 3.07. The maximum absolute atomic E-state index is 5.95. The fraction of sp³-hybridized carbons (Fsp3) is 0.455. The van der Waals surface area contributed by atoms with Crippen molar-refractivity contribution in [2.45, 2.75) is 26.8 Å². The number of hydrogen-bond acceptors (Lipinski definition) is 2. The first-order valence-electron chi connectivity index (χ1n) is 4.73. The number of hydrogen-bond donors (Lipinski definition) is 2. The van der Waals surface area contributed by atoms with E-state index in [0.717, 1.165) is 5.70 Å². The molecule has 0 aromatic rings. The van der Waals surface area contributed by atoms with Gasteiger partial charge in [-0.2, -0.15) is 0 Å². The van der Waals surface area contributed by atoms with E-state index in [0.29, 0.717) is 12.0 Å². The third-order valence-electron chi connectivity index (χ3n) is 3.07. The number of rotatable bonds is 0. The van der Waals surface area contributed by atoms with Crippen LogP contribution in [0.4, 0.5) is 0 Å². The average molecular weight is 176 g/mol. The van der Waals surface area contributed by atoms with E-state index < -0.39 is 0 Å². The topological polar surface area (TPSA) is 38.0 Å². The van der Waals surface area contributed by atoms with Crippen molar-refractivity contribution in [3.63, 3.8) is 0 Å². The molecule has 1 aliphatic carbocycles. The van der Waals surface area contributed by atoms with E-state index in [1.165, 1.54) is 16.8 Å². The lowest BCUT2D eigenvalue weighted by Gasteiger charge is -2.24. The largest absolute Gasteiger partial charge is 0.398 e. The highest BCUT2D eigenvalue weighted by atomic mass is 15.0. The summed E-state index contributed by atoms with van der Waals surface area (Å²) in [6.07, 6.45) is 4.20. The van der Waals surface area contributed by atoms with E-state index in [4.69, 9.17) is 5.73 Å². The fourth-order valence-electron chi connectivity index (χ4n) is 2.10. The van der Waals surface area contributed by atoms with Gasteiger partial charge in [0.2, 0.25) is 0 Å². The van der Waals surface area contributed by atoms with Crippen LogP contribution in [0.3, 0.4) is 0 Å². The summed E-state index contributed by atoms with van der Waals surface area (Å²) in [6.45, 7) is 6.46. The molecule has 13 heavy (non-hydrogen) atoms. The van der Waals surface area contributed by atoms with Gasteiger partial charge in [-0.25, -0.2) is 0 Å². The van der Waals surface area contributed by atoms with E-state index in [1.54, 1.807) is 0 Å². The fourth-order valence-corrected chi connectivity index (χ4v) is 2.10. The van der Waals surface area contributed by atoms with Crippen LogP contribution in [0, 0.1) is 5.92 Å². The minimum atomic E-state index is 0.407. The molecular formula is C11H16N2. The second-order valence-corrected chi connectivity index (χ2v) is 3.96. The van der Waals surface area contributed by atoms with Crippen molar-refractivity contribution in [1.82, 2.24) is 5.32 Å². The van der Waals surface area contributed by atoms with Gasteiger partial charge in [-0.05, 0) is 31.4 Å². The van der Waals surface area contributed by atoms with Crippen LogP contribution in [-0.2, 0) is 0 Å². The molecule has 0 amide bonds. The van der Waals surface area contributed by atoms with Crippen molar-refractivity contribution < 1.29 is 0 Å².